The smallest absolute Gasteiger partial charge is 0.219 e. The summed E-state index contributed by atoms with van der Waals surface area (Å²) in [5.41, 5.74) is 9.50. The normalized spacial score (nSPS) is 10.8. The molecule has 0 bridgehead atoms. The van der Waals surface area contributed by atoms with Crippen LogP contribution in [-0.4, -0.2) is 31.5 Å². The Kier molecular flexibility index (Phi) is 4.92. The van der Waals surface area contributed by atoms with Crippen molar-refractivity contribution in [2.75, 3.05) is 17.6 Å². The summed E-state index contributed by atoms with van der Waals surface area (Å²) in [7, 11) is 0. The number of ether oxygens (including phenoxy) is 1. The molecule has 0 fully saturated rings. The Hall–Kier alpha value is -3.81. The van der Waals surface area contributed by atoms with Crippen molar-refractivity contribution in [3.05, 3.63) is 66.4 Å². The molecule has 0 spiro atoms. The zero-order valence-electron chi connectivity index (χ0n) is 15.3. The van der Waals surface area contributed by atoms with Crippen LogP contribution in [0.15, 0.2) is 55.1 Å². The molecule has 0 aliphatic rings. The lowest BCUT2D eigenvalue weighted by Gasteiger charge is -2.09. The van der Waals surface area contributed by atoms with Crippen LogP contribution in [0.2, 0.25) is 0 Å². The van der Waals surface area contributed by atoms with Gasteiger partial charge in [0.15, 0.2) is 17.0 Å². The van der Waals surface area contributed by atoms with E-state index in [0.717, 1.165) is 17.9 Å². The van der Waals surface area contributed by atoms with Crippen LogP contribution in [0.5, 0.6) is 11.6 Å². The zero-order chi connectivity index (χ0) is 19.3. The van der Waals surface area contributed by atoms with E-state index in [0.29, 0.717) is 35.1 Å². The number of aryl methyl sites for hydroxylation is 1. The van der Waals surface area contributed by atoms with Gasteiger partial charge in [0.1, 0.15) is 12.1 Å². The summed E-state index contributed by atoms with van der Waals surface area (Å²) in [6.45, 7) is 2.61. The number of rotatable bonds is 6. The number of nitrogens with one attached hydrogen (secondary N) is 1. The van der Waals surface area contributed by atoms with E-state index < -0.39 is 0 Å². The fourth-order valence-electron chi connectivity index (χ4n) is 2.68. The van der Waals surface area contributed by atoms with Gasteiger partial charge in [-0.2, -0.15) is 0 Å². The van der Waals surface area contributed by atoms with Crippen LogP contribution in [0.4, 0.5) is 11.5 Å². The fourth-order valence-corrected chi connectivity index (χ4v) is 2.68. The molecule has 3 heterocycles. The maximum Gasteiger partial charge on any atom is 0.219 e. The number of hydrogen-bond donors (Lipinski definition) is 2. The number of anilines is 2. The van der Waals surface area contributed by atoms with Gasteiger partial charge >= 0.3 is 0 Å². The van der Waals surface area contributed by atoms with E-state index in [-0.39, 0.29) is 0 Å². The Morgan fingerprint density at radius 3 is 2.61 bits per heavy atom. The van der Waals surface area contributed by atoms with Crippen molar-refractivity contribution < 1.29 is 4.74 Å². The maximum atomic E-state index is 5.71. The summed E-state index contributed by atoms with van der Waals surface area (Å²) in [5.74, 6) is 1.92. The van der Waals surface area contributed by atoms with Crippen molar-refractivity contribution in [1.29, 1.82) is 0 Å². The highest BCUT2D eigenvalue weighted by Gasteiger charge is 2.06. The summed E-state index contributed by atoms with van der Waals surface area (Å²) in [6.07, 6.45) is 5.58. The minimum atomic E-state index is 0.510. The Labute approximate surface area is 161 Å². The zero-order valence-corrected chi connectivity index (χ0v) is 15.3. The molecule has 3 aromatic heterocycles. The van der Waals surface area contributed by atoms with E-state index in [2.05, 4.69) is 30.2 Å². The molecule has 3 N–H and O–H groups in total. The van der Waals surface area contributed by atoms with Crippen LogP contribution < -0.4 is 15.8 Å². The van der Waals surface area contributed by atoms with Gasteiger partial charge in [0, 0.05) is 12.6 Å². The molecule has 0 amide bonds. The average molecular weight is 373 g/mol. The molecule has 0 atom stereocenters. The Morgan fingerprint density at radius 1 is 0.964 bits per heavy atom. The predicted molar refractivity (Wildman–Crippen MR) is 107 cm³/mol. The van der Waals surface area contributed by atoms with Crippen molar-refractivity contribution in [2.45, 2.75) is 13.3 Å². The summed E-state index contributed by atoms with van der Waals surface area (Å²) in [5, 5.41) is 3.32. The van der Waals surface area contributed by atoms with Gasteiger partial charge in [-0.1, -0.05) is 12.1 Å². The van der Waals surface area contributed by atoms with Gasteiger partial charge in [-0.25, -0.2) is 24.9 Å². The quantitative estimate of drug-likeness (QED) is 0.530. The third-order valence-electron chi connectivity index (χ3n) is 4.08. The van der Waals surface area contributed by atoms with E-state index in [4.69, 9.17) is 10.5 Å². The highest BCUT2D eigenvalue weighted by Crippen LogP contribution is 2.21. The van der Waals surface area contributed by atoms with Crippen LogP contribution in [-0.2, 0) is 6.42 Å². The van der Waals surface area contributed by atoms with Crippen LogP contribution in [0, 0.1) is 6.92 Å². The average Bonchev–Trinajstić information content (AvgIpc) is 2.71. The molecule has 4 rings (SSSR count). The monoisotopic (exact) mass is 373 g/mol. The first-order chi connectivity index (χ1) is 13.7. The molecular formula is C20H19N7O. The summed E-state index contributed by atoms with van der Waals surface area (Å²) in [6, 6.07) is 11.4. The molecule has 8 nitrogen and oxygen atoms in total. The molecule has 0 aliphatic heterocycles. The first kappa shape index (κ1) is 17.6. The Bertz CT molecular complexity index is 1080. The summed E-state index contributed by atoms with van der Waals surface area (Å²) >= 11 is 0. The number of nitrogens with two attached hydrogens (primary N) is 1. The lowest BCUT2D eigenvalue weighted by Crippen LogP contribution is -2.08. The van der Waals surface area contributed by atoms with Crippen LogP contribution in [0.3, 0.4) is 0 Å². The van der Waals surface area contributed by atoms with Gasteiger partial charge in [0.05, 0.1) is 23.8 Å². The van der Waals surface area contributed by atoms with Gasteiger partial charge in [-0.3, -0.25) is 0 Å². The standard InChI is InChI=1S/C20H19N7O/c1-13-10-24-20-18(27-13)19(25-12-26-20)22-9-8-14-2-5-16(6-3-14)28-17-7-4-15(21)11-23-17/h2-7,10-12H,8-9,21H2,1H3,(H,22,24,25,26). The molecule has 8 heteroatoms. The van der Waals surface area contributed by atoms with Crippen molar-refractivity contribution in [3.63, 3.8) is 0 Å². The van der Waals surface area contributed by atoms with E-state index in [1.165, 1.54) is 11.9 Å². The van der Waals surface area contributed by atoms with Crippen molar-refractivity contribution in [1.82, 2.24) is 24.9 Å². The first-order valence-corrected chi connectivity index (χ1v) is 8.84. The molecule has 0 aliphatic carbocycles. The number of benzene rings is 1. The van der Waals surface area contributed by atoms with Gasteiger partial charge in [0.25, 0.3) is 0 Å². The number of nitrogens with zero attached hydrogens (tertiary/aromatic N) is 5. The lowest BCUT2D eigenvalue weighted by atomic mass is 10.1. The molecule has 0 unspecified atom stereocenters. The number of fused-ring (bicyclic) bond motifs is 1. The van der Waals surface area contributed by atoms with E-state index >= 15 is 0 Å². The van der Waals surface area contributed by atoms with Gasteiger partial charge in [-0.15, -0.1) is 0 Å². The highest BCUT2D eigenvalue weighted by molar-refractivity contribution is 5.81. The third kappa shape index (κ3) is 4.12. The summed E-state index contributed by atoms with van der Waals surface area (Å²) in [4.78, 5) is 21.3. The van der Waals surface area contributed by atoms with Crippen LogP contribution in [0.1, 0.15) is 11.3 Å². The SMILES string of the molecule is Cc1cnc2ncnc(NCCc3ccc(Oc4ccc(N)cn4)cc3)c2n1. The van der Waals surface area contributed by atoms with Crippen LogP contribution >= 0.6 is 0 Å². The molecule has 28 heavy (non-hydrogen) atoms. The highest BCUT2D eigenvalue weighted by atomic mass is 16.5. The van der Waals surface area contributed by atoms with Gasteiger partial charge in [0.2, 0.25) is 5.88 Å². The predicted octanol–water partition coefficient (Wildman–Crippen LogP) is 3.15. The molecule has 4 aromatic rings. The summed E-state index contributed by atoms with van der Waals surface area (Å²) < 4.78 is 5.71. The second-order valence-electron chi connectivity index (χ2n) is 6.26. The second-order valence-corrected chi connectivity index (χ2v) is 6.26. The number of aromatic nitrogens is 5. The maximum absolute atomic E-state index is 5.71. The first-order valence-electron chi connectivity index (χ1n) is 8.84. The second kappa shape index (κ2) is 7.83. The fraction of sp³-hybridized carbons (Fsp3) is 0.150. The van der Waals surface area contributed by atoms with E-state index in [9.17, 15) is 0 Å². The van der Waals surface area contributed by atoms with Gasteiger partial charge in [-0.05, 0) is 37.1 Å². The molecule has 140 valence electrons. The minimum absolute atomic E-state index is 0.510. The topological polar surface area (TPSA) is 112 Å². The Balaban J connectivity index is 1.37. The van der Waals surface area contributed by atoms with Crippen molar-refractivity contribution >= 4 is 22.7 Å². The number of hydrogen-bond acceptors (Lipinski definition) is 8. The Morgan fingerprint density at radius 2 is 1.82 bits per heavy atom. The molecule has 0 radical (unpaired) electrons. The molecule has 1 aromatic carbocycles. The number of nitrogen functional groups attached to an aromatic ring is 1. The van der Waals surface area contributed by atoms with E-state index in [1.54, 1.807) is 24.5 Å². The minimum Gasteiger partial charge on any atom is -0.439 e. The molecule has 0 saturated carbocycles. The molecular weight excluding hydrogens is 354 g/mol. The van der Waals surface area contributed by atoms with E-state index in [1.807, 2.05) is 31.2 Å². The number of pyridine rings is 1. The van der Waals surface area contributed by atoms with Crippen LogP contribution in [0.25, 0.3) is 11.2 Å². The van der Waals surface area contributed by atoms with Crippen molar-refractivity contribution in [2.24, 2.45) is 0 Å². The van der Waals surface area contributed by atoms with Gasteiger partial charge < -0.3 is 15.8 Å². The van der Waals surface area contributed by atoms with Crippen molar-refractivity contribution in [3.8, 4) is 11.6 Å². The largest absolute Gasteiger partial charge is 0.439 e. The lowest BCUT2D eigenvalue weighted by molar-refractivity contribution is 0.463. The third-order valence-corrected chi connectivity index (χ3v) is 4.08. The molecule has 0 saturated heterocycles.